The van der Waals surface area contributed by atoms with Gasteiger partial charge >= 0.3 is 0 Å². The second kappa shape index (κ2) is 4.46. The summed E-state index contributed by atoms with van der Waals surface area (Å²) >= 11 is 1.92. The Bertz CT molecular complexity index is 358. The lowest BCUT2D eigenvalue weighted by atomic mass is 9.91. The van der Waals surface area contributed by atoms with Gasteiger partial charge in [-0.1, -0.05) is 27.7 Å². The normalized spacial score (nSPS) is 16.8. The lowest BCUT2D eigenvalue weighted by Crippen LogP contribution is -2.18. The Balaban J connectivity index is 2.24. The van der Waals surface area contributed by atoms with E-state index in [0.29, 0.717) is 0 Å². The third kappa shape index (κ3) is 2.64. The van der Waals surface area contributed by atoms with Crippen LogP contribution in [0, 0.1) is 0 Å². The number of rotatable bonds is 4. The van der Waals surface area contributed by atoms with Crippen molar-refractivity contribution < 1.29 is 0 Å². The van der Waals surface area contributed by atoms with E-state index in [1.54, 1.807) is 0 Å². The summed E-state index contributed by atoms with van der Waals surface area (Å²) in [5.41, 5.74) is 1.48. The van der Waals surface area contributed by atoms with Gasteiger partial charge in [0.2, 0.25) is 0 Å². The van der Waals surface area contributed by atoms with E-state index in [9.17, 15) is 0 Å². The Morgan fingerprint density at radius 3 is 2.56 bits per heavy atom. The minimum absolute atomic E-state index is 0.175. The molecule has 0 radical (unpaired) electrons. The van der Waals surface area contributed by atoms with E-state index in [2.05, 4.69) is 33.0 Å². The van der Waals surface area contributed by atoms with E-state index in [0.717, 1.165) is 19.0 Å². The topological polar surface area (TPSA) is 24.9 Å². The van der Waals surface area contributed by atoms with E-state index < -0.39 is 0 Å². The van der Waals surface area contributed by atoms with E-state index in [-0.39, 0.29) is 5.41 Å². The van der Waals surface area contributed by atoms with Crippen LogP contribution in [0.25, 0.3) is 0 Å². The Hall–Kier alpha value is -0.410. The molecular formula is C13H22N2S. The molecule has 1 aliphatic rings. The Morgan fingerprint density at radius 1 is 1.38 bits per heavy atom. The molecule has 1 heterocycles. The quantitative estimate of drug-likeness (QED) is 0.869. The van der Waals surface area contributed by atoms with Gasteiger partial charge in [0.05, 0.1) is 10.7 Å². The van der Waals surface area contributed by atoms with Gasteiger partial charge in [-0.15, -0.1) is 11.3 Å². The molecule has 0 bridgehead atoms. The number of hydrogen-bond acceptors (Lipinski definition) is 3. The smallest absolute Gasteiger partial charge is 0.0962 e. The van der Waals surface area contributed by atoms with E-state index >= 15 is 0 Å². The third-order valence-corrected chi connectivity index (χ3v) is 4.10. The molecule has 0 saturated heterocycles. The maximum atomic E-state index is 4.87. The van der Waals surface area contributed by atoms with Crippen molar-refractivity contribution in [2.24, 2.45) is 0 Å². The minimum Gasteiger partial charge on any atom is -0.312 e. The second-order valence-corrected chi connectivity index (χ2v) is 6.74. The number of nitrogens with one attached hydrogen (secondary N) is 1. The van der Waals surface area contributed by atoms with Gasteiger partial charge in [-0.2, -0.15) is 0 Å². The average molecular weight is 238 g/mol. The zero-order valence-corrected chi connectivity index (χ0v) is 11.6. The van der Waals surface area contributed by atoms with Gasteiger partial charge in [0.15, 0.2) is 0 Å². The first-order valence-electron chi connectivity index (χ1n) is 6.23. The molecule has 1 N–H and O–H groups in total. The van der Waals surface area contributed by atoms with Gasteiger partial charge in [0, 0.05) is 22.8 Å². The van der Waals surface area contributed by atoms with Crippen LogP contribution in [0.1, 0.15) is 62.0 Å². The van der Waals surface area contributed by atoms with Crippen LogP contribution in [0.5, 0.6) is 0 Å². The first kappa shape index (κ1) is 12.1. The molecule has 1 aliphatic carbocycles. The summed E-state index contributed by atoms with van der Waals surface area (Å²) in [7, 11) is 0. The van der Waals surface area contributed by atoms with Crippen LogP contribution in [0.15, 0.2) is 0 Å². The fourth-order valence-corrected chi connectivity index (χ4v) is 3.23. The number of nitrogens with zero attached hydrogens (tertiary/aromatic N) is 1. The summed E-state index contributed by atoms with van der Waals surface area (Å²) in [5.74, 6) is 0.779. The van der Waals surface area contributed by atoms with Crippen LogP contribution in [-0.2, 0) is 12.0 Å². The summed E-state index contributed by atoms with van der Waals surface area (Å²) in [4.78, 5) is 6.32. The molecule has 2 rings (SSSR count). The monoisotopic (exact) mass is 238 g/mol. The molecule has 0 aromatic carbocycles. The highest BCUT2D eigenvalue weighted by molar-refractivity contribution is 7.11. The largest absolute Gasteiger partial charge is 0.312 e. The highest BCUT2D eigenvalue weighted by Gasteiger charge is 2.30. The van der Waals surface area contributed by atoms with Crippen molar-refractivity contribution in [3.63, 3.8) is 0 Å². The molecule has 1 fully saturated rings. The van der Waals surface area contributed by atoms with Crippen LogP contribution in [0.2, 0.25) is 0 Å². The van der Waals surface area contributed by atoms with Crippen LogP contribution >= 0.6 is 11.3 Å². The van der Waals surface area contributed by atoms with Crippen molar-refractivity contribution in [2.45, 2.75) is 58.4 Å². The van der Waals surface area contributed by atoms with Gasteiger partial charge < -0.3 is 5.32 Å². The average Bonchev–Trinajstić information content (AvgIpc) is 2.94. The van der Waals surface area contributed by atoms with E-state index in [1.807, 2.05) is 11.3 Å². The Labute approximate surface area is 102 Å². The molecule has 90 valence electrons. The third-order valence-electron chi connectivity index (χ3n) is 2.89. The summed E-state index contributed by atoms with van der Waals surface area (Å²) in [6.45, 7) is 10.9. The zero-order valence-electron chi connectivity index (χ0n) is 10.8. The van der Waals surface area contributed by atoms with Crippen molar-refractivity contribution in [3.8, 4) is 0 Å². The highest BCUT2D eigenvalue weighted by Crippen LogP contribution is 2.44. The predicted octanol–water partition coefficient (Wildman–Crippen LogP) is 3.43. The van der Waals surface area contributed by atoms with Crippen molar-refractivity contribution in [1.82, 2.24) is 10.3 Å². The van der Waals surface area contributed by atoms with Crippen LogP contribution in [0.3, 0.4) is 0 Å². The summed E-state index contributed by atoms with van der Waals surface area (Å²) in [6, 6.07) is 0. The van der Waals surface area contributed by atoms with Crippen molar-refractivity contribution in [3.05, 3.63) is 15.6 Å². The first-order valence-corrected chi connectivity index (χ1v) is 7.04. The molecule has 3 heteroatoms. The molecule has 1 aromatic rings. The SMILES string of the molecule is CCNCc1sc(C2CC2)nc1C(C)(C)C. The highest BCUT2D eigenvalue weighted by atomic mass is 32.1. The fraction of sp³-hybridized carbons (Fsp3) is 0.769. The van der Waals surface area contributed by atoms with Gasteiger partial charge in [-0.3, -0.25) is 0 Å². The van der Waals surface area contributed by atoms with E-state index in [4.69, 9.17) is 4.98 Å². The van der Waals surface area contributed by atoms with Crippen molar-refractivity contribution >= 4 is 11.3 Å². The molecule has 0 unspecified atom stereocenters. The maximum absolute atomic E-state index is 4.87. The fourth-order valence-electron chi connectivity index (χ4n) is 1.82. The summed E-state index contributed by atoms with van der Waals surface area (Å²) in [5, 5.41) is 4.79. The summed E-state index contributed by atoms with van der Waals surface area (Å²) in [6.07, 6.45) is 2.69. The minimum atomic E-state index is 0.175. The van der Waals surface area contributed by atoms with Gasteiger partial charge in [0.25, 0.3) is 0 Å². The molecular weight excluding hydrogens is 216 g/mol. The van der Waals surface area contributed by atoms with Crippen molar-refractivity contribution in [1.29, 1.82) is 0 Å². The van der Waals surface area contributed by atoms with Gasteiger partial charge in [-0.25, -0.2) is 4.98 Å². The zero-order chi connectivity index (χ0) is 11.8. The number of thiazole rings is 1. The van der Waals surface area contributed by atoms with Crippen LogP contribution < -0.4 is 5.32 Å². The number of aromatic nitrogens is 1. The molecule has 16 heavy (non-hydrogen) atoms. The predicted molar refractivity (Wildman–Crippen MR) is 70.2 cm³/mol. The summed E-state index contributed by atoms with van der Waals surface area (Å²) < 4.78 is 0. The lowest BCUT2D eigenvalue weighted by molar-refractivity contribution is 0.559. The first-order chi connectivity index (χ1) is 7.52. The standard InChI is InChI=1S/C13H22N2S/c1-5-14-8-10-11(13(2,3)4)15-12(16-10)9-6-7-9/h9,14H,5-8H2,1-4H3. The van der Waals surface area contributed by atoms with Crippen LogP contribution in [0.4, 0.5) is 0 Å². The van der Waals surface area contributed by atoms with E-state index in [1.165, 1.54) is 28.4 Å². The Morgan fingerprint density at radius 2 is 2.06 bits per heavy atom. The Kier molecular flexibility index (Phi) is 3.36. The lowest BCUT2D eigenvalue weighted by Gasteiger charge is -2.17. The van der Waals surface area contributed by atoms with Crippen LogP contribution in [-0.4, -0.2) is 11.5 Å². The molecule has 2 nitrogen and oxygen atoms in total. The molecule has 0 aliphatic heterocycles. The number of hydrogen-bond donors (Lipinski definition) is 1. The molecule has 1 aromatic heterocycles. The van der Waals surface area contributed by atoms with Crippen molar-refractivity contribution in [2.75, 3.05) is 6.54 Å². The second-order valence-electron chi connectivity index (χ2n) is 5.63. The molecule has 0 amide bonds. The molecule has 0 spiro atoms. The maximum Gasteiger partial charge on any atom is 0.0962 e. The molecule has 0 atom stereocenters. The van der Waals surface area contributed by atoms with Gasteiger partial charge in [0.1, 0.15) is 0 Å². The molecule has 1 saturated carbocycles. The van der Waals surface area contributed by atoms with Gasteiger partial charge in [-0.05, 0) is 19.4 Å².